The zero-order chi connectivity index (χ0) is 29.1. The van der Waals surface area contributed by atoms with Crippen LogP contribution in [-0.2, 0) is 5.41 Å². The number of aliphatic hydroxyl groups excluding tert-OH is 1. The Morgan fingerprint density at radius 1 is 1.15 bits per heavy atom. The van der Waals surface area contributed by atoms with Gasteiger partial charge in [0.2, 0.25) is 0 Å². The molecule has 0 saturated carbocycles. The van der Waals surface area contributed by atoms with Crippen LogP contribution in [0.15, 0.2) is 77.5 Å². The molecular weight excluding hydrogens is 590 g/mol. The summed E-state index contributed by atoms with van der Waals surface area (Å²) in [5.41, 5.74) is 1.54. The molecule has 3 aromatic carbocycles. The third-order valence-corrected chi connectivity index (χ3v) is 8.32. The molecule has 41 heavy (non-hydrogen) atoms. The highest BCUT2D eigenvalue weighted by molar-refractivity contribution is 9.10. The number of pyridine rings is 1. The summed E-state index contributed by atoms with van der Waals surface area (Å²) in [5, 5.41) is 40.8. The van der Waals surface area contributed by atoms with Gasteiger partial charge in [0, 0.05) is 71.4 Å². The smallest absolute Gasteiger partial charge is 0.294 e. The first-order chi connectivity index (χ1) is 19.7. The fourth-order valence-corrected chi connectivity index (χ4v) is 6.18. The number of carbonyl (C=O) groups excluding carboxylic acids is 1. The van der Waals surface area contributed by atoms with E-state index in [1.165, 1.54) is 13.1 Å². The Morgan fingerprint density at radius 2 is 1.88 bits per heavy atom. The third kappa shape index (κ3) is 5.61. The van der Waals surface area contributed by atoms with Crippen LogP contribution in [0.3, 0.4) is 0 Å². The fourth-order valence-electron chi connectivity index (χ4n) is 5.73. The Hall–Kier alpha value is -4.06. The summed E-state index contributed by atoms with van der Waals surface area (Å²) in [6, 6.07) is 18.1. The minimum Gasteiger partial charge on any atom is -0.507 e. The van der Waals surface area contributed by atoms with E-state index in [0.29, 0.717) is 53.6 Å². The highest BCUT2D eigenvalue weighted by atomic mass is 79.9. The number of phenols is 1. The molecule has 2 heterocycles. The Kier molecular flexibility index (Phi) is 8.20. The van der Waals surface area contributed by atoms with Gasteiger partial charge in [0.1, 0.15) is 17.7 Å². The van der Waals surface area contributed by atoms with Crippen molar-refractivity contribution in [3.63, 3.8) is 0 Å². The van der Waals surface area contributed by atoms with Gasteiger partial charge in [0.15, 0.2) is 0 Å². The normalized spacial score (nSPS) is 15.4. The van der Waals surface area contributed by atoms with Crippen molar-refractivity contribution in [1.82, 2.24) is 15.6 Å². The highest BCUT2D eigenvalue weighted by Gasteiger charge is 2.39. The summed E-state index contributed by atoms with van der Waals surface area (Å²) >= 11 is 3.30. The van der Waals surface area contributed by atoms with Gasteiger partial charge >= 0.3 is 0 Å². The summed E-state index contributed by atoms with van der Waals surface area (Å²) in [7, 11) is 1.50. The van der Waals surface area contributed by atoms with Gasteiger partial charge < -0.3 is 20.4 Å². The number of hydrogen-bond acceptors (Lipinski definition) is 8. The topological polar surface area (TPSA) is 141 Å². The van der Waals surface area contributed by atoms with E-state index in [1.807, 2.05) is 41.3 Å². The molecule has 11 heteroatoms. The van der Waals surface area contributed by atoms with Crippen LogP contribution in [0.2, 0.25) is 0 Å². The van der Waals surface area contributed by atoms with Gasteiger partial charge in [-0.2, -0.15) is 0 Å². The second kappa shape index (κ2) is 11.8. The van der Waals surface area contributed by atoms with Crippen molar-refractivity contribution in [2.75, 3.05) is 31.6 Å². The number of rotatable bonds is 8. The summed E-state index contributed by atoms with van der Waals surface area (Å²) in [6.45, 7) is 1.31. The molecule has 1 atom stereocenters. The van der Waals surface area contributed by atoms with E-state index in [1.54, 1.807) is 30.6 Å². The fraction of sp³-hybridized carbons (Fsp3) is 0.267. The minimum absolute atomic E-state index is 0.0647. The van der Waals surface area contributed by atoms with Crippen molar-refractivity contribution >= 4 is 44.0 Å². The van der Waals surface area contributed by atoms with Gasteiger partial charge in [0.25, 0.3) is 11.6 Å². The maximum Gasteiger partial charge on any atom is 0.294 e. The van der Waals surface area contributed by atoms with Gasteiger partial charge in [-0.15, -0.1) is 0 Å². The van der Waals surface area contributed by atoms with Crippen molar-refractivity contribution in [2.24, 2.45) is 0 Å². The lowest BCUT2D eigenvalue weighted by Crippen LogP contribution is -2.49. The van der Waals surface area contributed by atoms with E-state index in [9.17, 15) is 25.1 Å². The SMILES string of the molecule is CNC(=O)c1cc(Br)cc([N+](=O)[O-])c1N1CCC(CNC(O)c2cncc3cccc(O)c23)(c2ccccc2)CC1. The maximum absolute atomic E-state index is 12.7. The van der Waals surface area contributed by atoms with E-state index in [2.05, 4.69) is 31.5 Å². The third-order valence-electron chi connectivity index (χ3n) is 7.86. The molecule has 5 rings (SSSR count). The van der Waals surface area contributed by atoms with E-state index in [4.69, 9.17) is 0 Å². The number of nitrogens with zero attached hydrogens (tertiary/aromatic N) is 3. The number of anilines is 1. The van der Waals surface area contributed by atoms with Crippen LogP contribution < -0.4 is 15.5 Å². The average molecular weight is 621 g/mol. The number of fused-ring (bicyclic) bond motifs is 1. The van der Waals surface area contributed by atoms with Crippen molar-refractivity contribution in [3.05, 3.63) is 104 Å². The van der Waals surface area contributed by atoms with Crippen molar-refractivity contribution in [2.45, 2.75) is 24.5 Å². The van der Waals surface area contributed by atoms with E-state index in [0.717, 1.165) is 10.9 Å². The monoisotopic (exact) mass is 619 g/mol. The number of aliphatic hydroxyl groups is 1. The molecule has 1 unspecified atom stereocenters. The lowest BCUT2D eigenvalue weighted by atomic mass is 9.72. The zero-order valence-corrected chi connectivity index (χ0v) is 24.0. The van der Waals surface area contributed by atoms with E-state index >= 15 is 0 Å². The Balaban J connectivity index is 1.45. The number of aromatic nitrogens is 1. The van der Waals surface area contributed by atoms with E-state index in [-0.39, 0.29) is 17.0 Å². The number of hydrogen-bond donors (Lipinski definition) is 4. The van der Waals surface area contributed by atoms with Crippen molar-refractivity contribution in [3.8, 4) is 5.75 Å². The predicted molar refractivity (Wildman–Crippen MR) is 160 cm³/mol. The second-order valence-electron chi connectivity index (χ2n) is 10.2. The lowest BCUT2D eigenvalue weighted by molar-refractivity contribution is -0.384. The molecule has 0 aliphatic carbocycles. The van der Waals surface area contributed by atoms with Crippen molar-refractivity contribution < 1.29 is 19.9 Å². The van der Waals surface area contributed by atoms with Crippen molar-refractivity contribution in [1.29, 1.82) is 0 Å². The predicted octanol–water partition coefficient (Wildman–Crippen LogP) is 4.79. The summed E-state index contributed by atoms with van der Waals surface area (Å²) < 4.78 is 0.453. The first-order valence-electron chi connectivity index (χ1n) is 13.2. The molecule has 4 N–H and O–H groups in total. The quantitative estimate of drug-likeness (QED) is 0.125. The number of halogens is 1. The number of phenolic OH excluding ortho intramolecular Hbond substituents is 1. The maximum atomic E-state index is 12.7. The highest BCUT2D eigenvalue weighted by Crippen LogP contribution is 2.42. The van der Waals surface area contributed by atoms with Crippen LogP contribution in [-0.4, -0.2) is 52.7 Å². The standard InChI is InChI=1S/C30H30BrN5O5/c1-32-28(38)22-14-21(31)15-24(36(40)41)27(22)35-12-10-30(11-13-35,20-7-3-2-4-8-20)18-34-29(39)23-17-33-16-19-6-5-9-25(37)26(19)23/h2-9,14-17,29,34,37,39H,10-13,18H2,1H3,(H,32,38). The molecule has 1 fully saturated rings. The van der Waals surface area contributed by atoms with Crippen LogP contribution in [0.5, 0.6) is 5.75 Å². The van der Waals surface area contributed by atoms with Crippen LogP contribution in [0, 0.1) is 10.1 Å². The molecule has 0 radical (unpaired) electrons. The first kappa shape index (κ1) is 28.5. The Labute approximate surface area is 245 Å². The van der Waals surface area contributed by atoms with Gasteiger partial charge in [-0.3, -0.25) is 25.2 Å². The largest absolute Gasteiger partial charge is 0.507 e. The number of piperidine rings is 1. The van der Waals surface area contributed by atoms with Crippen LogP contribution in [0.25, 0.3) is 10.8 Å². The molecule has 0 bridgehead atoms. The Morgan fingerprint density at radius 3 is 2.56 bits per heavy atom. The number of carbonyl (C=O) groups is 1. The molecule has 1 saturated heterocycles. The van der Waals surface area contributed by atoms with Gasteiger partial charge in [0.05, 0.1) is 10.5 Å². The molecule has 1 aliphatic rings. The number of nitro groups is 1. The lowest BCUT2D eigenvalue weighted by Gasteiger charge is -2.44. The summed E-state index contributed by atoms with van der Waals surface area (Å²) in [6.07, 6.45) is 3.31. The van der Waals surface area contributed by atoms with Crippen LogP contribution in [0.1, 0.15) is 40.6 Å². The van der Waals surface area contributed by atoms with E-state index < -0.39 is 22.5 Å². The molecule has 1 amide bonds. The van der Waals surface area contributed by atoms with Gasteiger partial charge in [-0.05, 0) is 30.5 Å². The number of aromatic hydroxyl groups is 1. The second-order valence-corrected chi connectivity index (χ2v) is 11.1. The molecule has 4 aromatic rings. The van der Waals surface area contributed by atoms with Crippen LogP contribution in [0.4, 0.5) is 11.4 Å². The molecule has 1 aliphatic heterocycles. The number of amides is 1. The molecule has 1 aromatic heterocycles. The number of benzene rings is 3. The number of nitrogens with one attached hydrogen (secondary N) is 2. The van der Waals surface area contributed by atoms with Gasteiger partial charge in [-0.25, -0.2) is 0 Å². The molecule has 10 nitrogen and oxygen atoms in total. The number of nitro benzene ring substituents is 1. The zero-order valence-electron chi connectivity index (χ0n) is 22.4. The molecular formula is C30H30BrN5O5. The molecule has 0 spiro atoms. The average Bonchev–Trinajstić information content (AvgIpc) is 2.99. The molecule has 212 valence electrons. The summed E-state index contributed by atoms with van der Waals surface area (Å²) in [5.74, 6) is -0.337. The van der Waals surface area contributed by atoms with Gasteiger partial charge in [-0.1, -0.05) is 58.4 Å². The van der Waals surface area contributed by atoms with Crippen LogP contribution >= 0.6 is 15.9 Å². The minimum atomic E-state index is -1.09. The summed E-state index contributed by atoms with van der Waals surface area (Å²) in [4.78, 5) is 30.4. The Bertz CT molecular complexity index is 1590. The first-order valence-corrected chi connectivity index (χ1v) is 14.0.